The maximum Gasteiger partial charge on any atom is 0.259 e. The molecule has 5 rings (SSSR count). The van der Waals surface area contributed by atoms with Crippen LogP contribution in [0.3, 0.4) is 0 Å². The molecule has 0 saturated heterocycles. The van der Waals surface area contributed by atoms with Crippen molar-refractivity contribution in [2.24, 2.45) is 0 Å². The second-order valence-corrected chi connectivity index (χ2v) is 9.67. The van der Waals surface area contributed by atoms with Gasteiger partial charge in [-0.3, -0.25) is 24.9 Å². The fraction of sp³-hybridized carbons (Fsp3) is 0.185. The number of pyridine rings is 2. The lowest BCUT2D eigenvalue weighted by Crippen LogP contribution is -2.25. The first-order valence-electron chi connectivity index (χ1n) is 11.4. The number of hydrogen-bond donors (Lipinski definition) is 1. The number of nitrogens with one attached hydrogen (secondary N) is 1. The molecule has 0 fully saturated rings. The maximum absolute atomic E-state index is 13.3. The van der Waals surface area contributed by atoms with Gasteiger partial charge in [0.25, 0.3) is 11.8 Å². The van der Waals surface area contributed by atoms with E-state index in [1.807, 2.05) is 13.8 Å². The van der Waals surface area contributed by atoms with Crippen LogP contribution in [0.15, 0.2) is 48.8 Å². The third-order valence-corrected chi connectivity index (χ3v) is 7.01. The molecule has 0 unspecified atom stereocenters. The first kappa shape index (κ1) is 24.1. The molecule has 1 N–H and O–H groups in total. The van der Waals surface area contributed by atoms with E-state index in [1.165, 1.54) is 17.5 Å². The Morgan fingerprint density at radius 1 is 1.08 bits per heavy atom. The van der Waals surface area contributed by atoms with Gasteiger partial charge in [-0.2, -0.15) is 5.26 Å². The molecular formula is C27H22N6O3S. The van der Waals surface area contributed by atoms with Crippen LogP contribution in [0.4, 0.5) is 5.13 Å². The third-order valence-electron chi connectivity index (χ3n) is 6.01. The van der Waals surface area contributed by atoms with Crippen molar-refractivity contribution in [1.82, 2.24) is 19.9 Å². The lowest BCUT2D eigenvalue weighted by molar-refractivity contribution is 0.0750. The van der Waals surface area contributed by atoms with Gasteiger partial charge in [-0.15, -0.1) is 0 Å². The van der Waals surface area contributed by atoms with Crippen molar-refractivity contribution in [2.45, 2.75) is 26.9 Å². The van der Waals surface area contributed by atoms with Gasteiger partial charge in [0.05, 0.1) is 48.0 Å². The molecule has 0 spiro atoms. The fourth-order valence-electron chi connectivity index (χ4n) is 4.21. The van der Waals surface area contributed by atoms with Crippen molar-refractivity contribution >= 4 is 28.3 Å². The Morgan fingerprint density at radius 2 is 1.89 bits per heavy atom. The minimum Gasteiger partial charge on any atom is -0.496 e. The van der Waals surface area contributed by atoms with Gasteiger partial charge in [-0.25, -0.2) is 4.98 Å². The zero-order chi connectivity index (χ0) is 26.1. The summed E-state index contributed by atoms with van der Waals surface area (Å²) in [5.74, 6) is 0.0887. The van der Waals surface area contributed by atoms with Crippen molar-refractivity contribution in [3.05, 3.63) is 87.4 Å². The van der Waals surface area contributed by atoms with Crippen molar-refractivity contribution in [2.75, 3.05) is 12.4 Å². The number of thiazole rings is 1. The molecule has 0 saturated carbocycles. The average Bonchev–Trinajstić information content (AvgIpc) is 3.46. The number of benzene rings is 1. The van der Waals surface area contributed by atoms with Crippen LogP contribution in [0, 0.1) is 25.2 Å². The van der Waals surface area contributed by atoms with Gasteiger partial charge >= 0.3 is 0 Å². The summed E-state index contributed by atoms with van der Waals surface area (Å²) in [5.41, 5.74) is 4.87. The number of nitrogens with zero attached hydrogens (tertiary/aromatic N) is 5. The summed E-state index contributed by atoms with van der Waals surface area (Å²) in [6, 6.07) is 12.5. The highest BCUT2D eigenvalue weighted by molar-refractivity contribution is 7.16. The number of rotatable bonds is 5. The number of carbonyl (C=O) groups excluding carboxylic acids is 2. The number of carbonyl (C=O) groups is 2. The number of anilines is 1. The van der Waals surface area contributed by atoms with E-state index in [4.69, 9.17) is 4.74 Å². The summed E-state index contributed by atoms with van der Waals surface area (Å²) in [7, 11) is 1.54. The van der Waals surface area contributed by atoms with Crippen LogP contribution in [0.2, 0.25) is 0 Å². The molecule has 1 aromatic carbocycles. The van der Waals surface area contributed by atoms with Crippen LogP contribution in [0.5, 0.6) is 5.75 Å². The van der Waals surface area contributed by atoms with Gasteiger partial charge in [0.15, 0.2) is 5.13 Å². The predicted molar refractivity (Wildman–Crippen MR) is 138 cm³/mol. The predicted octanol–water partition coefficient (Wildman–Crippen LogP) is 4.51. The first-order valence-corrected chi connectivity index (χ1v) is 12.2. The molecule has 9 nitrogen and oxygen atoms in total. The van der Waals surface area contributed by atoms with E-state index in [1.54, 1.807) is 54.6 Å². The highest BCUT2D eigenvalue weighted by Crippen LogP contribution is 2.35. The molecule has 4 aromatic rings. The standard InChI is InChI=1S/C27H22N6O3S/c1-15-8-18(6-7-29-15)26(35)33-13-22-24(14-33)37-27(31-22)32-25(34)21-12-30-16(2)9-19(21)20-10-17(11-28)4-5-23(20)36-3/h4-10,12H,13-14H2,1-3H3,(H,31,32,34). The lowest BCUT2D eigenvalue weighted by Gasteiger charge is -2.16. The molecule has 3 aromatic heterocycles. The molecule has 184 valence electrons. The summed E-state index contributed by atoms with van der Waals surface area (Å²) < 4.78 is 5.49. The number of ether oxygens (including phenoxy) is 1. The van der Waals surface area contributed by atoms with E-state index in [0.29, 0.717) is 51.8 Å². The third kappa shape index (κ3) is 4.77. The Morgan fingerprint density at radius 3 is 2.62 bits per heavy atom. The van der Waals surface area contributed by atoms with Gasteiger partial charge in [0.1, 0.15) is 5.75 Å². The molecule has 0 bridgehead atoms. The summed E-state index contributed by atoms with van der Waals surface area (Å²) >= 11 is 1.35. The molecule has 0 radical (unpaired) electrons. The minimum atomic E-state index is -0.375. The van der Waals surface area contributed by atoms with Crippen LogP contribution in [0.1, 0.15) is 48.2 Å². The Bertz CT molecular complexity index is 1570. The highest BCUT2D eigenvalue weighted by atomic mass is 32.1. The van der Waals surface area contributed by atoms with Crippen LogP contribution < -0.4 is 10.1 Å². The number of amides is 2. The molecule has 4 heterocycles. The van der Waals surface area contributed by atoms with Crippen molar-refractivity contribution in [1.29, 1.82) is 5.26 Å². The zero-order valence-corrected chi connectivity index (χ0v) is 21.2. The fourth-order valence-corrected chi connectivity index (χ4v) is 5.20. The largest absolute Gasteiger partial charge is 0.496 e. The molecule has 1 aliphatic rings. The summed E-state index contributed by atoms with van der Waals surface area (Å²) in [6.07, 6.45) is 3.14. The summed E-state index contributed by atoms with van der Waals surface area (Å²) in [6.45, 7) is 4.48. The number of nitriles is 1. The van der Waals surface area contributed by atoms with Crippen LogP contribution in [-0.2, 0) is 13.1 Å². The first-order chi connectivity index (χ1) is 17.9. The van der Waals surface area contributed by atoms with Gasteiger partial charge in [0.2, 0.25) is 0 Å². The molecule has 2 amide bonds. The second kappa shape index (κ2) is 9.79. The molecule has 0 aliphatic carbocycles. The zero-order valence-electron chi connectivity index (χ0n) is 20.4. The van der Waals surface area contributed by atoms with Gasteiger partial charge in [0, 0.05) is 40.5 Å². The Hall–Kier alpha value is -4.62. The Labute approximate surface area is 217 Å². The van der Waals surface area contributed by atoms with E-state index in [9.17, 15) is 14.9 Å². The van der Waals surface area contributed by atoms with Crippen LogP contribution >= 0.6 is 11.3 Å². The second-order valence-electron chi connectivity index (χ2n) is 8.59. The minimum absolute atomic E-state index is 0.0785. The van der Waals surface area contributed by atoms with E-state index < -0.39 is 0 Å². The number of aryl methyl sites for hydroxylation is 2. The van der Waals surface area contributed by atoms with Crippen molar-refractivity contribution < 1.29 is 14.3 Å². The monoisotopic (exact) mass is 510 g/mol. The molecular weight excluding hydrogens is 488 g/mol. The maximum atomic E-state index is 13.3. The van der Waals surface area contributed by atoms with Crippen LogP contribution in [-0.4, -0.2) is 38.8 Å². The van der Waals surface area contributed by atoms with E-state index >= 15 is 0 Å². The average molecular weight is 511 g/mol. The van der Waals surface area contributed by atoms with Crippen molar-refractivity contribution in [3.8, 4) is 22.9 Å². The normalized spacial score (nSPS) is 12.1. The lowest BCUT2D eigenvalue weighted by atomic mass is 9.97. The Balaban J connectivity index is 1.37. The van der Waals surface area contributed by atoms with E-state index in [0.717, 1.165) is 22.0 Å². The topological polar surface area (TPSA) is 121 Å². The summed E-state index contributed by atoms with van der Waals surface area (Å²) in [4.78, 5) is 41.9. The Kier molecular flexibility index (Phi) is 6.38. The number of methoxy groups -OCH3 is 1. The van der Waals surface area contributed by atoms with Gasteiger partial charge in [-0.1, -0.05) is 11.3 Å². The summed E-state index contributed by atoms with van der Waals surface area (Å²) in [5, 5.41) is 12.7. The van der Waals surface area contributed by atoms with E-state index in [-0.39, 0.29) is 11.8 Å². The highest BCUT2D eigenvalue weighted by Gasteiger charge is 2.29. The van der Waals surface area contributed by atoms with E-state index in [2.05, 4.69) is 26.3 Å². The number of fused-ring (bicyclic) bond motifs is 1. The van der Waals surface area contributed by atoms with Crippen LogP contribution in [0.25, 0.3) is 11.1 Å². The SMILES string of the molecule is COc1ccc(C#N)cc1-c1cc(C)ncc1C(=O)Nc1nc2c(s1)CN(C(=O)c1ccnc(C)c1)C2. The molecule has 37 heavy (non-hydrogen) atoms. The number of hydrogen-bond acceptors (Lipinski definition) is 8. The number of aromatic nitrogens is 3. The molecule has 10 heteroatoms. The van der Waals surface area contributed by atoms with Gasteiger partial charge < -0.3 is 9.64 Å². The van der Waals surface area contributed by atoms with Crippen molar-refractivity contribution in [3.63, 3.8) is 0 Å². The molecule has 0 atom stereocenters. The molecule has 1 aliphatic heterocycles. The quantitative estimate of drug-likeness (QED) is 0.419. The smallest absolute Gasteiger partial charge is 0.259 e. The van der Waals surface area contributed by atoms with Gasteiger partial charge in [-0.05, 0) is 50.2 Å².